The molecule has 10 heteroatoms. The van der Waals surface area contributed by atoms with Gasteiger partial charge in [0.05, 0.1) is 18.1 Å². The van der Waals surface area contributed by atoms with Crippen molar-refractivity contribution in [3.05, 3.63) is 21.6 Å². The molecule has 0 saturated heterocycles. The van der Waals surface area contributed by atoms with Gasteiger partial charge in [0.2, 0.25) is 11.1 Å². The first kappa shape index (κ1) is 14.5. The summed E-state index contributed by atoms with van der Waals surface area (Å²) in [6.45, 7) is -1.47. The Morgan fingerprint density at radius 1 is 1.61 bits per heavy atom. The Morgan fingerprint density at radius 3 is 2.78 bits per heavy atom. The van der Waals surface area contributed by atoms with Gasteiger partial charge in [-0.2, -0.15) is 4.98 Å². The van der Waals surface area contributed by atoms with E-state index in [1.165, 1.54) is 0 Å². The van der Waals surface area contributed by atoms with Crippen LogP contribution in [-0.4, -0.2) is 46.1 Å². The Morgan fingerprint density at radius 2 is 2.28 bits per heavy atom. The number of aromatic nitrogens is 2. The van der Waals surface area contributed by atoms with Crippen LogP contribution < -0.4 is 4.90 Å². The van der Waals surface area contributed by atoms with Gasteiger partial charge in [0.25, 0.3) is 6.43 Å². The first-order chi connectivity index (χ1) is 8.45. The molecule has 1 aromatic rings. The van der Waals surface area contributed by atoms with Crippen LogP contribution in [0.2, 0.25) is 5.28 Å². The lowest BCUT2D eigenvalue weighted by Crippen LogP contribution is -2.33. The second-order valence-electron chi connectivity index (χ2n) is 3.17. The molecule has 0 spiro atoms. The van der Waals surface area contributed by atoms with Gasteiger partial charge >= 0.3 is 5.69 Å². The first-order valence-corrected chi connectivity index (χ1v) is 5.14. The molecule has 18 heavy (non-hydrogen) atoms. The molecule has 7 nitrogen and oxygen atoms in total. The summed E-state index contributed by atoms with van der Waals surface area (Å²) >= 11 is 5.48. The van der Waals surface area contributed by atoms with Crippen LogP contribution in [0.4, 0.5) is 20.3 Å². The first-order valence-electron chi connectivity index (χ1n) is 4.76. The van der Waals surface area contributed by atoms with Crippen LogP contribution >= 0.6 is 11.6 Å². The number of aliphatic hydroxyl groups excluding tert-OH is 1. The van der Waals surface area contributed by atoms with Gasteiger partial charge in [0, 0.05) is 6.54 Å². The molecule has 100 valence electrons. The summed E-state index contributed by atoms with van der Waals surface area (Å²) in [6.07, 6.45) is -1.90. The van der Waals surface area contributed by atoms with Gasteiger partial charge in [0.1, 0.15) is 6.20 Å². The minimum Gasteiger partial charge on any atom is -0.395 e. The summed E-state index contributed by atoms with van der Waals surface area (Å²) in [5.74, 6) is -0.339. The summed E-state index contributed by atoms with van der Waals surface area (Å²) in [5.41, 5.74) is -0.548. The molecule has 1 rings (SSSR count). The summed E-state index contributed by atoms with van der Waals surface area (Å²) < 4.78 is 24.7. The number of hydrogen-bond donors (Lipinski definition) is 1. The highest BCUT2D eigenvalue weighted by molar-refractivity contribution is 6.28. The van der Waals surface area contributed by atoms with E-state index >= 15 is 0 Å². The van der Waals surface area contributed by atoms with Crippen LogP contribution in [-0.2, 0) is 0 Å². The molecule has 0 aromatic carbocycles. The molecule has 0 atom stereocenters. The molecule has 1 N–H and O–H groups in total. The number of alkyl halides is 2. The number of nitrogens with zero attached hydrogens (tertiary/aromatic N) is 4. The quantitative estimate of drug-likeness (QED) is 0.477. The summed E-state index contributed by atoms with van der Waals surface area (Å²) in [5, 5.41) is 19.2. The van der Waals surface area contributed by atoms with Crippen molar-refractivity contribution < 1.29 is 18.8 Å². The minimum atomic E-state index is -2.73. The van der Waals surface area contributed by atoms with E-state index in [0.717, 1.165) is 11.1 Å². The summed E-state index contributed by atoms with van der Waals surface area (Å²) in [4.78, 5) is 17.8. The Bertz CT molecular complexity index is 435. The van der Waals surface area contributed by atoms with Gasteiger partial charge in [0.15, 0.2) is 0 Å². The van der Waals surface area contributed by atoms with E-state index in [1.54, 1.807) is 0 Å². The maximum atomic E-state index is 12.4. The lowest BCUT2D eigenvalue weighted by atomic mass is 10.4. The molecule has 0 aliphatic rings. The fourth-order valence-corrected chi connectivity index (χ4v) is 1.41. The van der Waals surface area contributed by atoms with Crippen molar-refractivity contribution in [2.75, 3.05) is 24.6 Å². The second kappa shape index (κ2) is 6.36. The summed E-state index contributed by atoms with van der Waals surface area (Å²) in [6, 6.07) is 0. The predicted molar refractivity (Wildman–Crippen MR) is 59.0 cm³/mol. The van der Waals surface area contributed by atoms with Gasteiger partial charge in [-0.3, -0.25) is 10.1 Å². The lowest BCUT2D eigenvalue weighted by molar-refractivity contribution is -0.384. The van der Waals surface area contributed by atoms with E-state index in [4.69, 9.17) is 16.7 Å². The van der Waals surface area contributed by atoms with Gasteiger partial charge in [-0.05, 0) is 11.6 Å². The number of hydrogen-bond acceptors (Lipinski definition) is 6. The topological polar surface area (TPSA) is 92.4 Å². The third-order valence-corrected chi connectivity index (χ3v) is 2.13. The normalized spacial score (nSPS) is 10.7. The monoisotopic (exact) mass is 282 g/mol. The molecule has 0 radical (unpaired) electrons. The molecule has 0 amide bonds. The number of anilines is 1. The van der Waals surface area contributed by atoms with Gasteiger partial charge in [-0.1, -0.05) is 0 Å². The molecule has 0 unspecified atom stereocenters. The molecular formula is C8H9ClF2N4O3. The molecule has 0 bridgehead atoms. The fourth-order valence-electron chi connectivity index (χ4n) is 1.28. The largest absolute Gasteiger partial charge is 0.395 e. The molecular weight excluding hydrogens is 274 g/mol. The molecule has 0 saturated carbocycles. The van der Waals surface area contributed by atoms with Crippen LogP contribution in [0.15, 0.2) is 6.20 Å². The van der Waals surface area contributed by atoms with Crippen LogP contribution in [0.5, 0.6) is 0 Å². The van der Waals surface area contributed by atoms with Crippen molar-refractivity contribution in [1.82, 2.24) is 9.97 Å². The van der Waals surface area contributed by atoms with Crippen LogP contribution in [0.25, 0.3) is 0 Å². The van der Waals surface area contributed by atoms with Crippen LogP contribution in [0.1, 0.15) is 0 Å². The SMILES string of the molecule is O=[N+]([O-])c1cnc(Cl)nc1N(CCO)CC(F)F. The van der Waals surface area contributed by atoms with Crippen LogP contribution in [0.3, 0.4) is 0 Å². The maximum absolute atomic E-state index is 12.4. The fraction of sp³-hybridized carbons (Fsp3) is 0.500. The lowest BCUT2D eigenvalue weighted by Gasteiger charge is -2.21. The second-order valence-corrected chi connectivity index (χ2v) is 3.50. The number of halogens is 3. The average molecular weight is 283 g/mol. The highest BCUT2D eigenvalue weighted by Gasteiger charge is 2.24. The van der Waals surface area contributed by atoms with Crippen molar-refractivity contribution in [2.45, 2.75) is 6.43 Å². The zero-order valence-corrected chi connectivity index (χ0v) is 9.72. The maximum Gasteiger partial charge on any atom is 0.329 e. The van der Waals surface area contributed by atoms with Crippen molar-refractivity contribution in [3.8, 4) is 0 Å². The van der Waals surface area contributed by atoms with E-state index in [1.807, 2.05) is 0 Å². The van der Waals surface area contributed by atoms with Crippen molar-refractivity contribution in [2.24, 2.45) is 0 Å². The smallest absolute Gasteiger partial charge is 0.329 e. The van der Waals surface area contributed by atoms with Crippen molar-refractivity contribution >= 4 is 23.1 Å². The van der Waals surface area contributed by atoms with Crippen LogP contribution in [0, 0.1) is 10.1 Å². The standard InChI is InChI=1S/C8H9ClF2N4O3/c9-8-12-3-5(15(17)18)7(13-8)14(1-2-16)4-6(10)11/h3,6,16H,1-2,4H2. The minimum absolute atomic E-state index is 0.224. The number of aliphatic hydroxyl groups is 1. The molecule has 0 aliphatic heterocycles. The highest BCUT2D eigenvalue weighted by atomic mass is 35.5. The predicted octanol–water partition coefficient (Wildman–Crippen LogP) is 1.10. The number of nitro groups is 1. The van der Waals surface area contributed by atoms with E-state index in [-0.39, 0.29) is 17.6 Å². The van der Waals surface area contributed by atoms with E-state index in [0.29, 0.717) is 0 Å². The Balaban J connectivity index is 3.15. The average Bonchev–Trinajstić information content (AvgIpc) is 2.27. The van der Waals surface area contributed by atoms with Crippen molar-refractivity contribution in [1.29, 1.82) is 0 Å². The van der Waals surface area contributed by atoms with E-state index in [2.05, 4.69) is 9.97 Å². The van der Waals surface area contributed by atoms with Gasteiger partial charge in [-0.25, -0.2) is 13.8 Å². The highest BCUT2D eigenvalue weighted by Crippen LogP contribution is 2.26. The van der Waals surface area contributed by atoms with Gasteiger partial charge < -0.3 is 10.0 Å². The van der Waals surface area contributed by atoms with E-state index < -0.39 is 30.2 Å². The molecule has 1 heterocycles. The molecule has 1 aromatic heterocycles. The Kier molecular flexibility index (Phi) is 5.10. The van der Waals surface area contributed by atoms with Crippen molar-refractivity contribution in [3.63, 3.8) is 0 Å². The zero-order chi connectivity index (χ0) is 13.7. The third kappa shape index (κ3) is 3.70. The van der Waals surface area contributed by atoms with Gasteiger partial charge in [-0.15, -0.1) is 0 Å². The Labute approximate surface area is 105 Å². The summed E-state index contributed by atoms with van der Waals surface area (Å²) in [7, 11) is 0. The Hall–Kier alpha value is -1.61. The molecule has 0 aliphatic carbocycles. The van der Waals surface area contributed by atoms with E-state index in [9.17, 15) is 18.9 Å². The zero-order valence-electron chi connectivity index (χ0n) is 8.96. The molecule has 0 fully saturated rings. The number of rotatable bonds is 6. The third-order valence-electron chi connectivity index (χ3n) is 1.95.